The van der Waals surface area contributed by atoms with E-state index < -0.39 is 11.6 Å². The zero-order chi connectivity index (χ0) is 17.7. The monoisotopic (exact) mass is 341 g/mol. The summed E-state index contributed by atoms with van der Waals surface area (Å²) in [6, 6.07) is 0. The number of amides is 1. The number of piperidine rings is 1. The average molecular weight is 341 g/mol. The number of carboxylic acid groups (broad SMARTS) is 1. The number of ether oxygens (including phenoxy) is 1. The van der Waals surface area contributed by atoms with Crippen molar-refractivity contribution < 1.29 is 19.4 Å². The minimum absolute atomic E-state index is 0.141. The Morgan fingerprint density at radius 3 is 2.04 bits per heavy atom. The summed E-state index contributed by atoms with van der Waals surface area (Å²) in [6.45, 7) is 11.9. The van der Waals surface area contributed by atoms with Crippen LogP contribution in [0.2, 0.25) is 0 Å². The molecule has 2 saturated heterocycles. The normalized spacial score (nSPS) is 21.7. The molecule has 138 valence electrons. The Kier molecular flexibility index (Phi) is 6.46. The van der Waals surface area contributed by atoms with Gasteiger partial charge in [-0.15, -0.1) is 0 Å². The molecule has 2 rings (SSSR count). The zero-order valence-corrected chi connectivity index (χ0v) is 15.2. The van der Waals surface area contributed by atoms with Crippen LogP contribution in [0.5, 0.6) is 0 Å². The van der Waals surface area contributed by atoms with Gasteiger partial charge in [-0.3, -0.25) is 9.69 Å². The molecule has 0 spiro atoms. The molecule has 7 nitrogen and oxygen atoms in total. The molecule has 1 amide bonds. The van der Waals surface area contributed by atoms with Gasteiger partial charge in [0.05, 0.1) is 6.54 Å². The molecule has 0 saturated carbocycles. The fraction of sp³-hybridized carbons (Fsp3) is 0.882. The van der Waals surface area contributed by atoms with Crippen LogP contribution < -0.4 is 0 Å². The fourth-order valence-electron chi connectivity index (χ4n) is 3.31. The summed E-state index contributed by atoms with van der Waals surface area (Å²) in [5, 5.41) is 8.84. The zero-order valence-electron chi connectivity index (χ0n) is 15.2. The largest absolute Gasteiger partial charge is 0.480 e. The molecule has 2 aliphatic heterocycles. The van der Waals surface area contributed by atoms with Crippen molar-refractivity contribution >= 4 is 12.1 Å². The van der Waals surface area contributed by atoms with Gasteiger partial charge in [0.25, 0.3) is 0 Å². The van der Waals surface area contributed by atoms with Crippen molar-refractivity contribution in [2.24, 2.45) is 5.92 Å². The fourth-order valence-corrected chi connectivity index (χ4v) is 3.31. The van der Waals surface area contributed by atoms with Crippen LogP contribution in [-0.2, 0) is 9.53 Å². The van der Waals surface area contributed by atoms with Gasteiger partial charge in [-0.25, -0.2) is 4.79 Å². The number of hydrogen-bond donors (Lipinski definition) is 1. The molecule has 0 aromatic carbocycles. The summed E-state index contributed by atoms with van der Waals surface area (Å²) in [5.41, 5.74) is -0.441. The number of likely N-dealkylation sites (tertiary alicyclic amines) is 1. The quantitative estimate of drug-likeness (QED) is 0.832. The number of rotatable bonds is 4. The second kappa shape index (κ2) is 8.16. The van der Waals surface area contributed by atoms with E-state index in [0.29, 0.717) is 5.92 Å². The van der Waals surface area contributed by atoms with E-state index in [9.17, 15) is 9.59 Å². The van der Waals surface area contributed by atoms with E-state index in [1.807, 2.05) is 30.6 Å². The third kappa shape index (κ3) is 6.28. The number of nitrogens with zero attached hydrogens (tertiary/aromatic N) is 3. The highest BCUT2D eigenvalue weighted by Crippen LogP contribution is 2.21. The minimum atomic E-state index is -0.752. The van der Waals surface area contributed by atoms with Crippen molar-refractivity contribution in [2.45, 2.75) is 39.2 Å². The first-order valence-electron chi connectivity index (χ1n) is 8.87. The predicted molar refractivity (Wildman–Crippen MR) is 91.0 cm³/mol. The second-order valence-electron chi connectivity index (χ2n) is 7.88. The van der Waals surface area contributed by atoms with E-state index in [2.05, 4.69) is 4.90 Å². The number of carbonyl (C=O) groups is 2. The number of carbonyl (C=O) groups excluding carboxylic acids is 1. The van der Waals surface area contributed by atoms with Gasteiger partial charge in [-0.2, -0.15) is 0 Å². The molecule has 0 aromatic rings. The van der Waals surface area contributed by atoms with E-state index in [4.69, 9.17) is 9.84 Å². The molecule has 0 unspecified atom stereocenters. The average Bonchev–Trinajstić information content (AvgIpc) is 2.48. The van der Waals surface area contributed by atoms with Crippen molar-refractivity contribution in [3.8, 4) is 0 Å². The van der Waals surface area contributed by atoms with Gasteiger partial charge in [0.15, 0.2) is 0 Å². The van der Waals surface area contributed by atoms with Gasteiger partial charge in [0, 0.05) is 45.8 Å². The maximum Gasteiger partial charge on any atom is 0.410 e. The molecule has 0 bridgehead atoms. The molecule has 0 aliphatic carbocycles. The lowest BCUT2D eigenvalue weighted by molar-refractivity contribution is -0.138. The van der Waals surface area contributed by atoms with Crippen molar-refractivity contribution in [1.29, 1.82) is 0 Å². The number of carboxylic acids is 1. The van der Waals surface area contributed by atoms with Gasteiger partial charge in [0.1, 0.15) is 5.60 Å². The van der Waals surface area contributed by atoms with E-state index in [1.54, 1.807) is 0 Å². The lowest BCUT2D eigenvalue weighted by Crippen LogP contribution is -2.50. The highest BCUT2D eigenvalue weighted by molar-refractivity contribution is 5.69. The van der Waals surface area contributed by atoms with Crippen LogP contribution in [0.15, 0.2) is 0 Å². The van der Waals surface area contributed by atoms with E-state index in [1.165, 1.54) is 0 Å². The highest BCUT2D eigenvalue weighted by Gasteiger charge is 2.28. The number of aliphatic carboxylic acids is 1. The van der Waals surface area contributed by atoms with Crippen LogP contribution in [0.3, 0.4) is 0 Å². The molecule has 0 atom stereocenters. The molecule has 0 aromatic heterocycles. The Bertz CT molecular complexity index is 434. The Hall–Kier alpha value is -1.34. The van der Waals surface area contributed by atoms with Crippen LogP contribution >= 0.6 is 0 Å². The van der Waals surface area contributed by atoms with Crippen molar-refractivity contribution in [2.75, 3.05) is 52.4 Å². The summed E-state index contributed by atoms with van der Waals surface area (Å²) < 4.78 is 5.43. The molecular formula is C17H31N3O4. The van der Waals surface area contributed by atoms with E-state index in [-0.39, 0.29) is 12.6 Å². The molecule has 24 heavy (non-hydrogen) atoms. The smallest absolute Gasteiger partial charge is 0.410 e. The molecular weight excluding hydrogens is 310 g/mol. The Labute approximate surface area is 144 Å². The van der Waals surface area contributed by atoms with Crippen LogP contribution in [0, 0.1) is 5.92 Å². The van der Waals surface area contributed by atoms with Crippen LogP contribution in [0.25, 0.3) is 0 Å². The van der Waals surface area contributed by atoms with E-state index in [0.717, 1.165) is 58.7 Å². The summed E-state index contributed by atoms with van der Waals surface area (Å²) in [4.78, 5) is 29.0. The molecule has 2 fully saturated rings. The first-order valence-corrected chi connectivity index (χ1v) is 8.87. The molecule has 2 aliphatic rings. The van der Waals surface area contributed by atoms with Gasteiger partial charge >= 0.3 is 12.1 Å². The van der Waals surface area contributed by atoms with E-state index >= 15 is 0 Å². The standard InChI is InChI=1S/C17H31N3O4/c1-17(2,3)24-16(23)20-6-4-14(5-7-20)12-18-8-10-19(11-9-18)13-15(21)22/h14H,4-13H2,1-3H3,(H,21,22). The summed E-state index contributed by atoms with van der Waals surface area (Å²) in [7, 11) is 0. The molecule has 1 N–H and O–H groups in total. The third-order valence-electron chi connectivity index (χ3n) is 4.61. The Morgan fingerprint density at radius 1 is 1.00 bits per heavy atom. The second-order valence-corrected chi connectivity index (χ2v) is 7.88. The van der Waals surface area contributed by atoms with Crippen LogP contribution in [-0.4, -0.2) is 89.8 Å². The van der Waals surface area contributed by atoms with Gasteiger partial charge in [0.2, 0.25) is 0 Å². The summed E-state index contributed by atoms with van der Waals surface area (Å²) >= 11 is 0. The summed E-state index contributed by atoms with van der Waals surface area (Å²) in [6.07, 6.45) is 1.81. The first kappa shape index (κ1) is 19.0. The maximum absolute atomic E-state index is 12.1. The number of piperazine rings is 1. The van der Waals surface area contributed by atoms with Crippen LogP contribution in [0.4, 0.5) is 4.79 Å². The lowest BCUT2D eigenvalue weighted by Gasteiger charge is -2.38. The van der Waals surface area contributed by atoms with Crippen LogP contribution in [0.1, 0.15) is 33.6 Å². The minimum Gasteiger partial charge on any atom is -0.480 e. The predicted octanol–water partition coefficient (Wildman–Crippen LogP) is 1.34. The molecule has 7 heteroatoms. The van der Waals surface area contributed by atoms with Gasteiger partial charge in [-0.1, -0.05) is 0 Å². The SMILES string of the molecule is CC(C)(C)OC(=O)N1CCC(CN2CCN(CC(=O)O)CC2)CC1. The molecule has 0 radical (unpaired) electrons. The summed E-state index contributed by atoms with van der Waals surface area (Å²) in [5.74, 6) is -0.146. The lowest BCUT2D eigenvalue weighted by atomic mass is 9.96. The van der Waals surface area contributed by atoms with Crippen molar-refractivity contribution in [3.63, 3.8) is 0 Å². The van der Waals surface area contributed by atoms with Gasteiger partial charge in [-0.05, 0) is 39.5 Å². The topological polar surface area (TPSA) is 73.3 Å². The molecule has 2 heterocycles. The number of hydrogen-bond acceptors (Lipinski definition) is 5. The van der Waals surface area contributed by atoms with Gasteiger partial charge < -0.3 is 19.6 Å². The van der Waals surface area contributed by atoms with Crippen molar-refractivity contribution in [3.05, 3.63) is 0 Å². The highest BCUT2D eigenvalue weighted by atomic mass is 16.6. The first-order chi connectivity index (χ1) is 11.2. The third-order valence-corrected chi connectivity index (χ3v) is 4.61. The Morgan fingerprint density at radius 2 is 1.54 bits per heavy atom. The Balaban J connectivity index is 1.67. The maximum atomic E-state index is 12.1. The van der Waals surface area contributed by atoms with Crippen molar-refractivity contribution in [1.82, 2.24) is 14.7 Å².